The summed E-state index contributed by atoms with van der Waals surface area (Å²) in [6, 6.07) is 11.9. The van der Waals surface area contributed by atoms with E-state index >= 15 is 0 Å². The van der Waals surface area contributed by atoms with E-state index in [9.17, 15) is 9.18 Å². The topological polar surface area (TPSA) is 55.1 Å². The highest BCUT2D eigenvalue weighted by Gasteiger charge is 2.13. The Labute approximate surface area is 120 Å². The maximum absolute atomic E-state index is 13.4. The number of imidazole rings is 1. The van der Waals surface area contributed by atoms with Crippen LogP contribution in [0.25, 0.3) is 11.0 Å². The van der Waals surface area contributed by atoms with E-state index in [2.05, 4.69) is 4.98 Å². The molecule has 1 N–H and O–H groups in total. The minimum absolute atomic E-state index is 0.314. The molecule has 0 atom stereocenters. The third-order valence-electron chi connectivity index (χ3n) is 3.50. The molecular formula is C16H13FN2O2. The number of carboxylic acid groups (broad SMARTS) is 1. The molecule has 21 heavy (non-hydrogen) atoms. The smallest absolute Gasteiger partial charge is 0.338 e. The molecular weight excluding hydrogens is 271 g/mol. The van der Waals surface area contributed by atoms with Gasteiger partial charge in [0.15, 0.2) is 0 Å². The minimum atomic E-state index is -1.26. The van der Waals surface area contributed by atoms with Gasteiger partial charge in [0, 0.05) is 13.5 Å². The van der Waals surface area contributed by atoms with E-state index in [0.717, 1.165) is 16.9 Å². The summed E-state index contributed by atoms with van der Waals surface area (Å²) in [5, 5.41) is 8.96. The van der Waals surface area contributed by atoms with Crippen molar-refractivity contribution in [3.63, 3.8) is 0 Å². The van der Waals surface area contributed by atoms with Crippen LogP contribution in [0.4, 0.5) is 4.39 Å². The van der Waals surface area contributed by atoms with E-state index in [1.807, 2.05) is 35.9 Å². The van der Waals surface area contributed by atoms with E-state index in [1.165, 1.54) is 12.1 Å². The van der Waals surface area contributed by atoms with Crippen molar-refractivity contribution in [3.05, 3.63) is 65.2 Å². The number of para-hydroxylation sites is 2. The van der Waals surface area contributed by atoms with Crippen LogP contribution in [0.1, 0.15) is 21.7 Å². The van der Waals surface area contributed by atoms with Crippen molar-refractivity contribution in [2.75, 3.05) is 0 Å². The number of fused-ring (bicyclic) bond motifs is 1. The molecule has 0 aliphatic carbocycles. The Hall–Kier alpha value is -2.69. The van der Waals surface area contributed by atoms with E-state index in [0.29, 0.717) is 12.0 Å². The van der Waals surface area contributed by atoms with E-state index in [-0.39, 0.29) is 5.56 Å². The molecule has 3 aromatic rings. The second kappa shape index (κ2) is 5.01. The highest BCUT2D eigenvalue weighted by Crippen LogP contribution is 2.18. The van der Waals surface area contributed by atoms with Crippen LogP contribution in [0, 0.1) is 5.82 Å². The highest BCUT2D eigenvalue weighted by molar-refractivity contribution is 5.88. The van der Waals surface area contributed by atoms with E-state index in [1.54, 1.807) is 6.07 Å². The van der Waals surface area contributed by atoms with Gasteiger partial charge in [-0.05, 0) is 29.8 Å². The molecule has 1 aromatic heterocycles. The number of halogens is 1. The number of aryl methyl sites for hydroxylation is 1. The van der Waals surface area contributed by atoms with Gasteiger partial charge in [0.1, 0.15) is 11.6 Å². The number of benzene rings is 2. The largest absolute Gasteiger partial charge is 0.478 e. The van der Waals surface area contributed by atoms with Gasteiger partial charge in [-0.2, -0.15) is 0 Å². The lowest BCUT2D eigenvalue weighted by atomic mass is 10.1. The molecule has 5 heteroatoms. The van der Waals surface area contributed by atoms with Crippen LogP contribution < -0.4 is 0 Å². The van der Waals surface area contributed by atoms with Crippen LogP contribution >= 0.6 is 0 Å². The van der Waals surface area contributed by atoms with Crippen LogP contribution in [-0.4, -0.2) is 20.6 Å². The predicted octanol–water partition coefficient (Wildman–Crippen LogP) is 3.00. The Bertz CT molecular complexity index is 839. The lowest BCUT2D eigenvalue weighted by molar-refractivity contribution is 0.0691. The SMILES string of the molecule is Cn1c(Cc2ccc(F)c(C(=O)O)c2)nc2ccccc21. The Morgan fingerprint density at radius 1 is 1.29 bits per heavy atom. The quantitative estimate of drug-likeness (QED) is 0.804. The molecule has 0 amide bonds. The van der Waals surface area contributed by atoms with Crippen LogP contribution in [0.15, 0.2) is 42.5 Å². The molecule has 0 radical (unpaired) electrons. The van der Waals surface area contributed by atoms with Crippen LogP contribution in [0.5, 0.6) is 0 Å². The normalized spacial score (nSPS) is 11.0. The Morgan fingerprint density at radius 3 is 2.76 bits per heavy atom. The van der Waals surface area contributed by atoms with E-state index < -0.39 is 11.8 Å². The van der Waals surface area contributed by atoms with Gasteiger partial charge < -0.3 is 9.67 Å². The second-order valence-corrected chi connectivity index (χ2v) is 4.87. The lowest BCUT2D eigenvalue weighted by Crippen LogP contribution is -2.04. The van der Waals surface area contributed by atoms with Gasteiger partial charge in [-0.1, -0.05) is 18.2 Å². The van der Waals surface area contributed by atoms with Gasteiger partial charge in [0.2, 0.25) is 0 Å². The standard InChI is InChI=1S/C16H13FN2O2/c1-19-14-5-3-2-4-13(14)18-15(19)9-10-6-7-12(17)11(8-10)16(20)21/h2-8H,9H2,1H3,(H,20,21). The van der Waals surface area contributed by atoms with Gasteiger partial charge in [-0.25, -0.2) is 14.2 Å². The zero-order valence-corrected chi connectivity index (χ0v) is 11.4. The summed E-state index contributed by atoms with van der Waals surface area (Å²) in [4.78, 5) is 15.5. The van der Waals surface area contributed by atoms with E-state index in [4.69, 9.17) is 5.11 Å². The lowest BCUT2D eigenvalue weighted by Gasteiger charge is -2.05. The van der Waals surface area contributed by atoms with Crippen LogP contribution in [0.2, 0.25) is 0 Å². The third-order valence-corrected chi connectivity index (χ3v) is 3.50. The highest BCUT2D eigenvalue weighted by atomic mass is 19.1. The average Bonchev–Trinajstić information content (AvgIpc) is 2.78. The third kappa shape index (κ3) is 2.38. The molecule has 0 aliphatic heterocycles. The first-order chi connectivity index (χ1) is 10.1. The fraction of sp³-hybridized carbons (Fsp3) is 0.125. The molecule has 106 valence electrons. The Balaban J connectivity index is 2.01. The van der Waals surface area contributed by atoms with Gasteiger partial charge in [0.05, 0.1) is 16.6 Å². The van der Waals surface area contributed by atoms with Crippen molar-refractivity contribution >= 4 is 17.0 Å². The number of aromatic carboxylic acids is 1. The fourth-order valence-electron chi connectivity index (χ4n) is 2.38. The second-order valence-electron chi connectivity index (χ2n) is 4.87. The van der Waals surface area contributed by atoms with Crippen LogP contribution in [0.3, 0.4) is 0 Å². The first-order valence-corrected chi connectivity index (χ1v) is 6.48. The minimum Gasteiger partial charge on any atom is -0.478 e. The molecule has 0 spiro atoms. The van der Waals surface area contributed by atoms with Crippen molar-refractivity contribution in [1.29, 1.82) is 0 Å². The molecule has 0 unspecified atom stereocenters. The number of nitrogens with zero attached hydrogens (tertiary/aromatic N) is 2. The molecule has 0 saturated heterocycles. The number of carboxylic acids is 1. The molecule has 0 saturated carbocycles. The molecule has 1 heterocycles. The first kappa shape index (κ1) is 13.3. The molecule has 0 fully saturated rings. The van der Waals surface area contributed by atoms with Gasteiger partial charge in [-0.3, -0.25) is 0 Å². The monoisotopic (exact) mass is 284 g/mol. The zero-order chi connectivity index (χ0) is 15.0. The summed E-state index contributed by atoms with van der Waals surface area (Å²) in [6.07, 6.45) is 0.450. The van der Waals surface area contributed by atoms with Crippen molar-refractivity contribution in [3.8, 4) is 0 Å². The summed E-state index contributed by atoms with van der Waals surface area (Å²) in [6.45, 7) is 0. The molecule has 0 bridgehead atoms. The molecule has 3 rings (SSSR count). The number of hydrogen-bond donors (Lipinski definition) is 1. The number of hydrogen-bond acceptors (Lipinski definition) is 2. The Morgan fingerprint density at radius 2 is 2.05 bits per heavy atom. The van der Waals surface area contributed by atoms with Gasteiger partial charge in [0.25, 0.3) is 0 Å². The van der Waals surface area contributed by atoms with Crippen molar-refractivity contribution in [2.24, 2.45) is 7.05 Å². The van der Waals surface area contributed by atoms with Crippen molar-refractivity contribution < 1.29 is 14.3 Å². The summed E-state index contributed by atoms with van der Waals surface area (Å²) in [5.41, 5.74) is 2.29. The molecule has 2 aromatic carbocycles. The first-order valence-electron chi connectivity index (χ1n) is 6.48. The molecule has 0 aliphatic rings. The summed E-state index contributed by atoms with van der Waals surface area (Å²) in [5.74, 6) is -1.19. The summed E-state index contributed by atoms with van der Waals surface area (Å²) < 4.78 is 15.4. The van der Waals surface area contributed by atoms with Gasteiger partial charge in [-0.15, -0.1) is 0 Å². The fourth-order valence-corrected chi connectivity index (χ4v) is 2.38. The molecule has 4 nitrogen and oxygen atoms in total. The van der Waals surface area contributed by atoms with Crippen molar-refractivity contribution in [1.82, 2.24) is 9.55 Å². The summed E-state index contributed by atoms with van der Waals surface area (Å²) in [7, 11) is 1.91. The maximum atomic E-state index is 13.4. The zero-order valence-electron chi connectivity index (χ0n) is 11.4. The van der Waals surface area contributed by atoms with Crippen molar-refractivity contribution in [2.45, 2.75) is 6.42 Å². The number of aromatic nitrogens is 2. The average molecular weight is 284 g/mol. The van der Waals surface area contributed by atoms with Crippen LogP contribution in [-0.2, 0) is 13.5 Å². The number of rotatable bonds is 3. The Kier molecular flexibility index (Phi) is 3.17. The predicted molar refractivity (Wildman–Crippen MR) is 76.9 cm³/mol. The number of carbonyl (C=O) groups is 1. The maximum Gasteiger partial charge on any atom is 0.338 e. The van der Waals surface area contributed by atoms with Gasteiger partial charge >= 0.3 is 5.97 Å². The summed E-state index contributed by atoms with van der Waals surface area (Å²) >= 11 is 0.